The van der Waals surface area contributed by atoms with E-state index in [0.717, 1.165) is 41.1 Å². The molecule has 0 aliphatic carbocycles. The van der Waals surface area contributed by atoms with Gasteiger partial charge in [-0.2, -0.15) is 0 Å². The zero-order valence-corrected chi connectivity index (χ0v) is 16.1. The zero-order valence-electron chi connectivity index (χ0n) is 15.3. The Kier molecular flexibility index (Phi) is 7.15. The standard InChI is InChI=1S/C19H24N2O4S/c1-12-8-15(9-13(2)18(12)25-10-17(22)23)19(24)20-7-5-4-6-16-21-14(3)11-26-16/h8-9,11H,4-7,10H2,1-3H3,(H,20,24)(H,22,23). The SMILES string of the molecule is Cc1csc(CCCCNC(=O)c2cc(C)c(OCC(=O)O)c(C)c2)n1. The number of thiazole rings is 1. The molecule has 7 heteroatoms. The molecule has 1 aromatic carbocycles. The molecule has 0 bridgehead atoms. The van der Waals surface area contributed by atoms with Crippen molar-refractivity contribution in [3.63, 3.8) is 0 Å². The number of amides is 1. The van der Waals surface area contributed by atoms with E-state index in [1.54, 1.807) is 37.3 Å². The molecule has 26 heavy (non-hydrogen) atoms. The number of hydrogen-bond donors (Lipinski definition) is 2. The number of aryl methyl sites for hydroxylation is 4. The average Bonchev–Trinajstić information content (AvgIpc) is 2.98. The summed E-state index contributed by atoms with van der Waals surface area (Å²) in [6.07, 6.45) is 2.80. The van der Waals surface area contributed by atoms with Crippen molar-refractivity contribution < 1.29 is 19.4 Å². The van der Waals surface area contributed by atoms with Gasteiger partial charge in [0.25, 0.3) is 5.91 Å². The maximum Gasteiger partial charge on any atom is 0.341 e. The fourth-order valence-electron chi connectivity index (χ4n) is 2.67. The summed E-state index contributed by atoms with van der Waals surface area (Å²) in [5.41, 5.74) is 3.10. The van der Waals surface area contributed by atoms with E-state index >= 15 is 0 Å². The van der Waals surface area contributed by atoms with E-state index in [2.05, 4.69) is 10.3 Å². The molecule has 0 saturated carbocycles. The van der Waals surface area contributed by atoms with Crippen LogP contribution in [0, 0.1) is 20.8 Å². The summed E-state index contributed by atoms with van der Waals surface area (Å²) < 4.78 is 5.28. The molecule has 0 atom stereocenters. The van der Waals surface area contributed by atoms with Crippen LogP contribution in [0.3, 0.4) is 0 Å². The summed E-state index contributed by atoms with van der Waals surface area (Å²) >= 11 is 1.67. The number of benzene rings is 1. The highest BCUT2D eigenvalue weighted by Crippen LogP contribution is 2.24. The van der Waals surface area contributed by atoms with E-state index in [9.17, 15) is 9.59 Å². The van der Waals surface area contributed by atoms with Crippen LogP contribution in [0.1, 0.15) is 45.0 Å². The number of hydrogen-bond acceptors (Lipinski definition) is 5. The number of aliphatic carboxylic acids is 1. The van der Waals surface area contributed by atoms with Gasteiger partial charge in [-0.05, 0) is 63.3 Å². The van der Waals surface area contributed by atoms with Gasteiger partial charge in [0.2, 0.25) is 0 Å². The van der Waals surface area contributed by atoms with Crippen molar-refractivity contribution in [3.8, 4) is 5.75 Å². The quantitative estimate of drug-likeness (QED) is 0.656. The van der Waals surface area contributed by atoms with Gasteiger partial charge in [0.05, 0.1) is 5.01 Å². The molecule has 0 aliphatic heterocycles. The van der Waals surface area contributed by atoms with Gasteiger partial charge in [0.1, 0.15) is 5.75 Å². The number of ether oxygens (including phenoxy) is 1. The Morgan fingerprint density at radius 1 is 1.19 bits per heavy atom. The lowest BCUT2D eigenvalue weighted by Gasteiger charge is -2.13. The fourth-order valence-corrected chi connectivity index (χ4v) is 3.48. The maximum absolute atomic E-state index is 12.3. The number of rotatable bonds is 9. The van der Waals surface area contributed by atoms with Gasteiger partial charge < -0.3 is 15.2 Å². The molecule has 1 heterocycles. The number of carboxylic acids is 1. The van der Waals surface area contributed by atoms with Crippen LogP contribution in [0.15, 0.2) is 17.5 Å². The number of carbonyl (C=O) groups excluding carboxylic acids is 1. The van der Waals surface area contributed by atoms with Gasteiger partial charge >= 0.3 is 5.97 Å². The minimum Gasteiger partial charge on any atom is -0.481 e. The van der Waals surface area contributed by atoms with Crippen LogP contribution in [0.5, 0.6) is 5.75 Å². The van der Waals surface area contributed by atoms with Gasteiger partial charge in [-0.25, -0.2) is 9.78 Å². The lowest BCUT2D eigenvalue weighted by atomic mass is 10.0. The molecule has 140 valence electrons. The number of nitrogens with one attached hydrogen (secondary N) is 1. The Labute approximate surface area is 157 Å². The monoisotopic (exact) mass is 376 g/mol. The van der Waals surface area contributed by atoms with Gasteiger partial charge in [-0.15, -0.1) is 11.3 Å². The molecule has 0 unspecified atom stereocenters. The Balaban J connectivity index is 1.82. The molecule has 0 spiro atoms. The van der Waals surface area contributed by atoms with Crippen LogP contribution in [-0.4, -0.2) is 35.1 Å². The Morgan fingerprint density at radius 2 is 1.88 bits per heavy atom. The molecule has 6 nitrogen and oxygen atoms in total. The van der Waals surface area contributed by atoms with E-state index < -0.39 is 12.6 Å². The molecule has 1 amide bonds. The highest BCUT2D eigenvalue weighted by Gasteiger charge is 2.12. The second-order valence-corrected chi connectivity index (χ2v) is 7.16. The maximum atomic E-state index is 12.3. The van der Waals surface area contributed by atoms with E-state index in [1.165, 1.54) is 0 Å². The summed E-state index contributed by atoms with van der Waals surface area (Å²) in [5.74, 6) is -0.646. The minimum atomic E-state index is -1.03. The van der Waals surface area contributed by atoms with Crippen molar-refractivity contribution >= 4 is 23.2 Å². The molecule has 0 fully saturated rings. The lowest BCUT2D eigenvalue weighted by molar-refractivity contribution is -0.139. The molecule has 0 radical (unpaired) electrons. The fraction of sp³-hybridized carbons (Fsp3) is 0.421. The third-order valence-corrected chi connectivity index (χ3v) is 4.86. The molecular weight excluding hydrogens is 352 g/mol. The molecule has 0 saturated heterocycles. The summed E-state index contributed by atoms with van der Waals surface area (Å²) in [7, 11) is 0. The zero-order chi connectivity index (χ0) is 19.1. The van der Waals surface area contributed by atoms with Gasteiger partial charge in [-0.3, -0.25) is 4.79 Å². The third kappa shape index (κ3) is 5.84. The number of nitrogens with zero attached hydrogens (tertiary/aromatic N) is 1. The molecule has 0 aliphatic rings. The number of carbonyl (C=O) groups is 2. The van der Waals surface area contributed by atoms with E-state index in [0.29, 0.717) is 17.9 Å². The van der Waals surface area contributed by atoms with E-state index in [1.807, 2.05) is 12.3 Å². The average molecular weight is 376 g/mol. The van der Waals surface area contributed by atoms with Crippen molar-refractivity contribution in [3.05, 3.63) is 44.9 Å². The molecule has 2 rings (SSSR count). The van der Waals surface area contributed by atoms with Crippen LogP contribution in [-0.2, 0) is 11.2 Å². The van der Waals surface area contributed by atoms with Crippen LogP contribution >= 0.6 is 11.3 Å². The lowest BCUT2D eigenvalue weighted by Crippen LogP contribution is -2.24. The summed E-state index contributed by atoms with van der Waals surface area (Å²) in [6.45, 7) is 5.81. The van der Waals surface area contributed by atoms with E-state index in [4.69, 9.17) is 9.84 Å². The van der Waals surface area contributed by atoms with Crippen LogP contribution in [0.2, 0.25) is 0 Å². The summed E-state index contributed by atoms with van der Waals surface area (Å²) in [6, 6.07) is 3.44. The molecular formula is C19H24N2O4S. The first-order chi connectivity index (χ1) is 12.4. The molecule has 1 aromatic heterocycles. The predicted octanol–water partition coefficient (Wildman–Crippen LogP) is 3.28. The van der Waals surface area contributed by atoms with Gasteiger partial charge in [0, 0.05) is 23.2 Å². The van der Waals surface area contributed by atoms with Crippen molar-refractivity contribution in [1.29, 1.82) is 0 Å². The molecule has 2 aromatic rings. The number of carboxylic acid groups (broad SMARTS) is 1. The first kappa shape index (κ1) is 19.9. The first-order valence-electron chi connectivity index (χ1n) is 8.52. The third-order valence-electron chi connectivity index (χ3n) is 3.83. The second-order valence-electron chi connectivity index (χ2n) is 6.22. The van der Waals surface area contributed by atoms with E-state index in [-0.39, 0.29) is 5.91 Å². The largest absolute Gasteiger partial charge is 0.481 e. The highest BCUT2D eigenvalue weighted by molar-refractivity contribution is 7.09. The van der Waals surface area contributed by atoms with Crippen molar-refractivity contribution in [2.75, 3.05) is 13.2 Å². The van der Waals surface area contributed by atoms with Crippen molar-refractivity contribution in [2.24, 2.45) is 0 Å². The Bertz CT molecular complexity index is 763. The van der Waals surface area contributed by atoms with Crippen molar-refractivity contribution in [1.82, 2.24) is 10.3 Å². The number of unbranched alkanes of at least 4 members (excludes halogenated alkanes) is 1. The minimum absolute atomic E-state index is 0.133. The summed E-state index contributed by atoms with van der Waals surface area (Å²) in [5, 5.41) is 14.8. The smallest absolute Gasteiger partial charge is 0.341 e. The predicted molar refractivity (Wildman–Crippen MR) is 101 cm³/mol. The van der Waals surface area contributed by atoms with Gasteiger partial charge in [-0.1, -0.05) is 0 Å². The highest BCUT2D eigenvalue weighted by atomic mass is 32.1. The van der Waals surface area contributed by atoms with Gasteiger partial charge in [0.15, 0.2) is 6.61 Å². The second kappa shape index (κ2) is 9.33. The topological polar surface area (TPSA) is 88.5 Å². The van der Waals surface area contributed by atoms with Crippen molar-refractivity contribution in [2.45, 2.75) is 40.0 Å². The summed E-state index contributed by atoms with van der Waals surface area (Å²) in [4.78, 5) is 27.4. The van der Waals surface area contributed by atoms with Crippen LogP contribution in [0.4, 0.5) is 0 Å². The Morgan fingerprint density at radius 3 is 2.46 bits per heavy atom. The normalized spacial score (nSPS) is 10.6. The Hall–Kier alpha value is -2.41. The number of aromatic nitrogens is 1. The first-order valence-corrected chi connectivity index (χ1v) is 9.40. The molecule has 2 N–H and O–H groups in total. The van der Waals surface area contributed by atoms with Crippen LogP contribution in [0.25, 0.3) is 0 Å². The van der Waals surface area contributed by atoms with Crippen LogP contribution < -0.4 is 10.1 Å².